The summed E-state index contributed by atoms with van der Waals surface area (Å²) in [6, 6.07) is 0. The maximum absolute atomic E-state index is 11.6. The Labute approximate surface area is 146 Å². The Morgan fingerprint density at radius 1 is 1.21 bits per heavy atom. The molecule has 6 nitrogen and oxygen atoms in total. The van der Waals surface area contributed by atoms with E-state index in [1.165, 1.54) is 31.3 Å². The number of carbonyl (C=O) groups is 1. The van der Waals surface area contributed by atoms with Gasteiger partial charge in [-0.15, -0.1) is 0 Å². The molecule has 0 saturated heterocycles. The number of alkyl carbamates (subject to hydrolysis) is 1. The molecule has 6 heteroatoms. The summed E-state index contributed by atoms with van der Waals surface area (Å²) < 4.78 is 5.19. The summed E-state index contributed by atoms with van der Waals surface area (Å²) in [5.74, 6) is 0.792. The standard InChI is InChI=1S/C18H34N4O2/c1-5-19-16(20-12-11-15-9-7-6-8-10-15)21-13-14-22-17(23)24-18(2,3)4/h9H,5-8,10-14H2,1-4H3,(H,22,23)(H2,19,20,21). The first-order valence-corrected chi connectivity index (χ1v) is 9.07. The lowest BCUT2D eigenvalue weighted by Crippen LogP contribution is -2.42. The monoisotopic (exact) mass is 338 g/mol. The fraction of sp³-hybridized carbons (Fsp3) is 0.778. The molecule has 3 N–H and O–H groups in total. The molecule has 0 aromatic heterocycles. The number of rotatable bonds is 7. The Kier molecular flexibility index (Phi) is 9.27. The Morgan fingerprint density at radius 3 is 2.58 bits per heavy atom. The van der Waals surface area contributed by atoms with Crippen molar-refractivity contribution in [1.82, 2.24) is 16.0 Å². The van der Waals surface area contributed by atoms with E-state index in [0.717, 1.165) is 25.5 Å². The summed E-state index contributed by atoms with van der Waals surface area (Å²) in [6.07, 6.45) is 8.07. The lowest BCUT2D eigenvalue weighted by atomic mass is 9.97. The van der Waals surface area contributed by atoms with Gasteiger partial charge in [-0.25, -0.2) is 4.79 Å². The second kappa shape index (κ2) is 10.9. The zero-order chi connectivity index (χ0) is 17.8. The predicted octanol–water partition coefficient (Wildman–Crippen LogP) is 2.96. The van der Waals surface area contributed by atoms with Gasteiger partial charge >= 0.3 is 6.09 Å². The van der Waals surface area contributed by atoms with Crippen LogP contribution in [0.5, 0.6) is 0 Å². The maximum Gasteiger partial charge on any atom is 0.407 e. The molecule has 0 heterocycles. The molecule has 138 valence electrons. The SMILES string of the molecule is CCNC(=NCCC1=CCCCC1)NCCNC(=O)OC(C)(C)C. The molecule has 24 heavy (non-hydrogen) atoms. The van der Waals surface area contributed by atoms with Gasteiger partial charge in [0.15, 0.2) is 5.96 Å². The first-order valence-electron chi connectivity index (χ1n) is 9.07. The fourth-order valence-corrected chi connectivity index (χ4v) is 2.44. The second-order valence-electron chi connectivity index (χ2n) is 6.97. The van der Waals surface area contributed by atoms with Crippen LogP contribution >= 0.6 is 0 Å². The molecule has 1 aliphatic carbocycles. The molecule has 0 spiro atoms. The van der Waals surface area contributed by atoms with Gasteiger partial charge in [0.05, 0.1) is 0 Å². The van der Waals surface area contributed by atoms with Crippen molar-refractivity contribution in [2.45, 2.75) is 65.4 Å². The molecule has 1 rings (SSSR count). The highest BCUT2D eigenvalue weighted by Crippen LogP contribution is 2.19. The first kappa shape index (κ1) is 20.3. The van der Waals surface area contributed by atoms with Crippen LogP contribution in [0.3, 0.4) is 0 Å². The Morgan fingerprint density at radius 2 is 1.96 bits per heavy atom. The average molecular weight is 338 g/mol. The van der Waals surface area contributed by atoms with E-state index in [9.17, 15) is 4.79 Å². The maximum atomic E-state index is 11.6. The molecular formula is C18H34N4O2. The molecular weight excluding hydrogens is 304 g/mol. The van der Waals surface area contributed by atoms with Gasteiger partial charge in [-0.1, -0.05) is 11.6 Å². The van der Waals surface area contributed by atoms with Crippen LogP contribution in [0.4, 0.5) is 4.79 Å². The Hall–Kier alpha value is -1.72. The first-order chi connectivity index (χ1) is 11.4. The average Bonchev–Trinajstić information content (AvgIpc) is 2.51. The smallest absolute Gasteiger partial charge is 0.407 e. The summed E-state index contributed by atoms with van der Waals surface area (Å²) >= 11 is 0. The number of allylic oxidation sites excluding steroid dienone is 1. The fourth-order valence-electron chi connectivity index (χ4n) is 2.44. The van der Waals surface area contributed by atoms with E-state index < -0.39 is 11.7 Å². The highest BCUT2D eigenvalue weighted by atomic mass is 16.6. The third-order valence-corrected chi connectivity index (χ3v) is 3.52. The van der Waals surface area contributed by atoms with Crippen LogP contribution in [-0.4, -0.2) is 43.8 Å². The van der Waals surface area contributed by atoms with E-state index in [1.54, 1.807) is 0 Å². The summed E-state index contributed by atoms with van der Waals surface area (Å²) in [7, 11) is 0. The molecule has 0 aromatic carbocycles. The van der Waals surface area contributed by atoms with Gasteiger partial charge in [0, 0.05) is 26.2 Å². The summed E-state index contributed by atoms with van der Waals surface area (Å²) in [6.45, 7) is 10.3. The quantitative estimate of drug-likeness (QED) is 0.289. The van der Waals surface area contributed by atoms with Crippen LogP contribution in [0.1, 0.15) is 59.8 Å². The number of guanidine groups is 1. The number of carbonyl (C=O) groups excluding carboxylic acids is 1. The van der Waals surface area contributed by atoms with Crippen LogP contribution in [0.25, 0.3) is 0 Å². The molecule has 0 unspecified atom stereocenters. The van der Waals surface area contributed by atoms with Crippen molar-refractivity contribution in [1.29, 1.82) is 0 Å². The molecule has 1 aliphatic rings. The molecule has 0 bridgehead atoms. The highest BCUT2D eigenvalue weighted by molar-refractivity contribution is 5.79. The van der Waals surface area contributed by atoms with Gasteiger partial charge in [-0.2, -0.15) is 0 Å². The second-order valence-corrected chi connectivity index (χ2v) is 6.97. The van der Waals surface area contributed by atoms with E-state index >= 15 is 0 Å². The molecule has 0 radical (unpaired) electrons. The van der Waals surface area contributed by atoms with E-state index in [-0.39, 0.29) is 0 Å². The van der Waals surface area contributed by atoms with E-state index in [2.05, 4.69) is 27.0 Å². The number of hydrogen-bond acceptors (Lipinski definition) is 3. The highest BCUT2D eigenvalue weighted by Gasteiger charge is 2.15. The van der Waals surface area contributed by atoms with Crippen molar-refractivity contribution in [3.8, 4) is 0 Å². The summed E-state index contributed by atoms with van der Waals surface area (Å²) in [4.78, 5) is 16.2. The van der Waals surface area contributed by atoms with Crippen molar-refractivity contribution in [3.63, 3.8) is 0 Å². The largest absolute Gasteiger partial charge is 0.444 e. The topological polar surface area (TPSA) is 74.8 Å². The third-order valence-electron chi connectivity index (χ3n) is 3.52. The number of amides is 1. The molecule has 1 amide bonds. The van der Waals surface area contributed by atoms with Crippen LogP contribution < -0.4 is 16.0 Å². The van der Waals surface area contributed by atoms with Gasteiger partial charge in [-0.3, -0.25) is 4.99 Å². The van der Waals surface area contributed by atoms with E-state index in [4.69, 9.17) is 4.74 Å². The Bertz CT molecular complexity index is 439. The predicted molar refractivity (Wildman–Crippen MR) is 99.4 cm³/mol. The van der Waals surface area contributed by atoms with Crippen molar-refractivity contribution in [2.24, 2.45) is 4.99 Å². The zero-order valence-corrected chi connectivity index (χ0v) is 15.7. The Balaban J connectivity index is 2.25. The van der Waals surface area contributed by atoms with Crippen molar-refractivity contribution in [2.75, 3.05) is 26.2 Å². The van der Waals surface area contributed by atoms with Gasteiger partial charge < -0.3 is 20.7 Å². The number of nitrogens with one attached hydrogen (secondary N) is 3. The normalized spacial score (nSPS) is 15.5. The van der Waals surface area contributed by atoms with Crippen LogP contribution in [-0.2, 0) is 4.74 Å². The number of aliphatic imine (C=N–C) groups is 1. The number of ether oxygens (including phenoxy) is 1. The molecule has 0 aromatic rings. The van der Waals surface area contributed by atoms with Crippen LogP contribution in [0, 0.1) is 0 Å². The molecule has 0 saturated carbocycles. The number of nitrogens with zero attached hydrogens (tertiary/aromatic N) is 1. The lowest BCUT2D eigenvalue weighted by Gasteiger charge is -2.20. The van der Waals surface area contributed by atoms with Crippen molar-refractivity contribution < 1.29 is 9.53 Å². The third kappa shape index (κ3) is 10.1. The van der Waals surface area contributed by atoms with Gasteiger partial charge in [0.25, 0.3) is 0 Å². The molecule has 0 atom stereocenters. The molecule has 0 aliphatic heterocycles. The van der Waals surface area contributed by atoms with Gasteiger partial charge in [-0.05, 0) is 59.8 Å². The minimum atomic E-state index is -0.471. The van der Waals surface area contributed by atoms with Crippen molar-refractivity contribution in [3.05, 3.63) is 11.6 Å². The number of hydrogen-bond donors (Lipinski definition) is 3. The van der Waals surface area contributed by atoms with Crippen LogP contribution in [0.15, 0.2) is 16.6 Å². The summed E-state index contributed by atoms with van der Waals surface area (Å²) in [5.41, 5.74) is 1.06. The minimum Gasteiger partial charge on any atom is -0.444 e. The minimum absolute atomic E-state index is 0.393. The lowest BCUT2D eigenvalue weighted by molar-refractivity contribution is 0.0529. The van der Waals surface area contributed by atoms with Gasteiger partial charge in [0.1, 0.15) is 5.60 Å². The molecule has 0 fully saturated rings. The van der Waals surface area contributed by atoms with E-state index in [0.29, 0.717) is 13.1 Å². The van der Waals surface area contributed by atoms with E-state index in [1.807, 2.05) is 27.7 Å². The van der Waals surface area contributed by atoms with Crippen molar-refractivity contribution >= 4 is 12.1 Å². The van der Waals surface area contributed by atoms with Gasteiger partial charge in [0.2, 0.25) is 0 Å². The van der Waals surface area contributed by atoms with Crippen LogP contribution in [0.2, 0.25) is 0 Å². The summed E-state index contributed by atoms with van der Waals surface area (Å²) in [5, 5.41) is 9.18. The zero-order valence-electron chi connectivity index (χ0n) is 15.7.